The quantitative estimate of drug-likeness (QED) is 0.807. The van der Waals surface area contributed by atoms with Crippen LogP contribution in [0, 0.1) is 0 Å². The van der Waals surface area contributed by atoms with Gasteiger partial charge in [0.05, 0.1) is 19.3 Å². The molecule has 0 amide bonds. The zero-order valence-electron chi connectivity index (χ0n) is 10.7. The molecule has 2 aliphatic rings. The fraction of sp³-hybridized carbons (Fsp3) is 0.714. The number of rotatable bonds is 7. The van der Waals surface area contributed by atoms with E-state index in [1.54, 1.807) is 0 Å². The molecule has 1 atom stereocenters. The molecular formula is C14H21NO3. The summed E-state index contributed by atoms with van der Waals surface area (Å²) in [7, 11) is 0. The van der Waals surface area contributed by atoms with Crippen LogP contribution in [0.4, 0.5) is 0 Å². The number of furan rings is 1. The largest absolute Gasteiger partial charge is 0.462 e. The lowest BCUT2D eigenvalue weighted by molar-refractivity contribution is 0.00557. The minimum Gasteiger partial charge on any atom is -0.462 e. The van der Waals surface area contributed by atoms with Crippen molar-refractivity contribution < 1.29 is 13.9 Å². The summed E-state index contributed by atoms with van der Waals surface area (Å²) in [5, 5.41) is 3.43. The summed E-state index contributed by atoms with van der Waals surface area (Å²) in [5.41, 5.74) is 0. The standard InChI is InChI=1S/C14H21NO3/c1-2-13(17-7-1)9-16-10-14-6-5-12(18-14)8-15-11-3-4-11/h5-6,11,13,15H,1-4,7-10H2. The molecule has 100 valence electrons. The highest BCUT2D eigenvalue weighted by Crippen LogP contribution is 2.20. The molecule has 1 aliphatic carbocycles. The van der Waals surface area contributed by atoms with E-state index >= 15 is 0 Å². The molecule has 1 aromatic heterocycles. The van der Waals surface area contributed by atoms with E-state index in [0.717, 1.165) is 37.5 Å². The minimum atomic E-state index is 0.288. The van der Waals surface area contributed by atoms with Gasteiger partial charge in [-0.3, -0.25) is 0 Å². The van der Waals surface area contributed by atoms with Gasteiger partial charge in [-0.25, -0.2) is 0 Å². The molecule has 4 nitrogen and oxygen atoms in total. The first-order chi connectivity index (χ1) is 8.90. The van der Waals surface area contributed by atoms with E-state index in [0.29, 0.717) is 19.3 Å². The maximum Gasteiger partial charge on any atom is 0.129 e. The van der Waals surface area contributed by atoms with Crippen molar-refractivity contribution in [3.8, 4) is 0 Å². The van der Waals surface area contributed by atoms with Crippen molar-refractivity contribution in [2.45, 2.75) is 51.0 Å². The van der Waals surface area contributed by atoms with Gasteiger partial charge in [0.25, 0.3) is 0 Å². The van der Waals surface area contributed by atoms with Crippen LogP contribution in [-0.4, -0.2) is 25.4 Å². The summed E-state index contributed by atoms with van der Waals surface area (Å²) in [5.74, 6) is 1.90. The molecule has 2 heterocycles. The number of nitrogens with one attached hydrogen (secondary N) is 1. The van der Waals surface area contributed by atoms with Crippen LogP contribution in [0.2, 0.25) is 0 Å². The van der Waals surface area contributed by atoms with E-state index in [1.165, 1.54) is 12.8 Å². The molecule has 0 spiro atoms. The average Bonchev–Trinajstić information content (AvgIpc) is 2.89. The highest BCUT2D eigenvalue weighted by atomic mass is 16.5. The van der Waals surface area contributed by atoms with Crippen LogP contribution in [-0.2, 0) is 22.6 Å². The van der Waals surface area contributed by atoms with Crippen molar-refractivity contribution in [1.82, 2.24) is 5.32 Å². The molecular weight excluding hydrogens is 230 g/mol. The fourth-order valence-corrected chi connectivity index (χ4v) is 2.19. The maximum atomic E-state index is 5.70. The lowest BCUT2D eigenvalue weighted by Crippen LogP contribution is -2.14. The lowest BCUT2D eigenvalue weighted by Gasteiger charge is -2.08. The van der Waals surface area contributed by atoms with Crippen LogP contribution in [0.5, 0.6) is 0 Å². The van der Waals surface area contributed by atoms with Crippen molar-refractivity contribution >= 4 is 0 Å². The second-order valence-corrected chi connectivity index (χ2v) is 5.17. The first-order valence-electron chi connectivity index (χ1n) is 6.90. The van der Waals surface area contributed by atoms with E-state index < -0.39 is 0 Å². The van der Waals surface area contributed by atoms with E-state index in [-0.39, 0.29) is 6.10 Å². The summed E-state index contributed by atoms with van der Waals surface area (Å²) < 4.78 is 16.8. The Balaban J connectivity index is 1.36. The predicted octanol–water partition coefficient (Wildman–Crippen LogP) is 2.23. The summed E-state index contributed by atoms with van der Waals surface area (Å²) >= 11 is 0. The molecule has 2 fully saturated rings. The van der Waals surface area contributed by atoms with Gasteiger partial charge in [0.1, 0.15) is 18.1 Å². The van der Waals surface area contributed by atoms with Gasteiger partial charge in [-0.1, -0.05) is 0 Å². The molecule has 3 rings (SSSR count). The number of ether oxygens (including phenoxy) is 2. The van der Waals surface area contributed by atoms with Crippen molar-refractivity contribution in [2.24, 2.45) is 0 Å². The fourth-order valence-electron chi connectivity index (χ4n) is 2.19. The van der Waals surface area contributed by atoms with Gasteiger partial charge in [0, 0.05) is 12.6 Å². The normalized spacial score (nSPS) is 23.7. The molecule has 1 aromatic rings. The zero-order chi connectivity index (χ0) is 12.2. The summed E-state index contributed by atoms with van der Waals surface area (Å²) in [4.78, 5) is 0. The van der Waals surface area contributed by atoms with Crippen molar-refractivity contribution in [3.63, 3.8) is 0 Å². The highest BCUT2D eigenvalue weighted by Gasteiger charge is 2.20. The molecule has 0 bridgehead atoms. The molecule has 18 heavy (non-hydrogen) atoms. The van der Waals surface area contributed by atoms with E-state index in [2.05, 4.69) is 5.32 Å². The van der Waals surface area contributed by atoms with Crippen LogP contribution in [0.1, 0.15) is 37.2 Å². The van der Waals surface area contributed by atoms with Gasteiger partial charge in [0.15, 0.2) is 0 Å². The first-order valence-corrected chi connectivity index (χ1v) is 6.90. The summed E-state index contributed by atoms with van der Waals surface area (Å²) in [6.07, 6.45) is 5.17. The summed E-state index contributed by atoms with van der Waals surface area (Å²) in [6, 6.07) is 4.74. The molecule has 0 aromatic carbocycles. The minimum absolute atomic E-state index is 0.288. The van der Waals surface area contributed by atoms with Crippen molar-refractivity contribution in [2.75, 3.05) is 13.2 Å². The Kier molecular flexibility index (Phi) is 3.98. The lowest BCUT2D eigenvalue weighted by atomic mass is 10.2. The van der Waals surface area contributed by atoms with Crippen LogP contribution < -0.4 is 5.32 Å². The zero-order valence-corrected chi connectivity index (χ0v) is 10.7. The smallest absolute Gasteiger partial charge is 0.129 e. The Morgan fingerprint density at radius 1 is 1.22 bits per heavy atom. The monoisotopic (exact) mass is 251 g/mol. The average molecular weight is 251 g/mol. The second-order valence-electron chi connectivity index (χ2n) is 5.17. The molecule has 1 unspecified atom stereocenters. The molecule has 1 aliphatic heterocycles. The van der Waals surface area contributed by atoms with Gasteiger partial charge < -0.3 is 19.2 Å². The Hall–Kier alpha value is -0.840. The Labute approximate surface area is 108 Å². The van der Waals surface area contributed by atoms with Gasteiger partial charge in [0.2, 0.25) is 0 Å². The third kappa shape index (κ3) is 3.57. The Bertz CT molecular complexity index is 367. The Morgan fingerprint density at radius 2 is 2.11 bits per heavy atom. The van der Waals surface area contributed by atoms with Gasteiger partial charge in [-0.05, 0) is 37.8 Å². The predicted molar refractivity (Wildman–Crippen MR) is 67.2 cm³/mol. The third-order valence-electron chi connectivity index (χ3n) is 3.43. The van der Waals surface area contributed by atoms with Crippen LogP contribution in [0.25, 0.3) is 0 Å². The maximum absolute atomic E-state index is 5.70. The topological polar surface area (TPSA) is 43.6 Å². The molecule has 0 radical (unpaired) electrons. The van der Waals surface area contributed by atoms with Crippen molar-refractivity contribution in [3.05, 3.63) is 23.7 Å². The molecule has 1 N–H and O–H groups in total. The van der Waals surface area contributed by atoms with Crippen molar-refractivity contribution in [1.29, 1.82) is 0 Å². The van der Waals surface area contributed by atoms with E-state index in [1.807, 2.05) is 12.1 Å². The van der Waals surface area contributed by atoms with Gasteiger partial charge >= 0.3 is 0 Å². The van der Waals surface area contributed by atoms with Crippen LogP contribution in [0.15, 0.2) is 16.5 Å². The van der Waals surface area contributed by atoms with Crippen LogP contribution in [0.3, 0.4) is 0 Å². The molecule has 1 saturated carbocycles. The molecule has 1 saturated heterocycles. The van der Waals surface area contributed by atoms with Gasteiger partial charge in [-0.15, -0.1) is 0 Å². The number of hydrogen-bond donors (Lipinski definition) is 1. The summed E-state index contributed by atoms with van der Waals surface area (Å²) in [6.45, 7) is 2.93. The van der Waals surface area contributed by atoms with Gasteiger partial charge in [-0.2, -0.15) is 0 Å². The first kappa shape index (κ1) is 12.2. The Morgan fingerprint density at radius 3 is 2.89 bits per heavy atom. The van der Waals surface area contributed by atoms with E-state index in [4.69, 9.17) is 13.9 Å². The highest BCUT2D eigenvalue weighted by molar-refractivity contribution is 5.06. The number of hydrogen-bond acceptors (Lipinski definition) is 4. The van der Waals surface area contributed by atoms with Crippen LogP contribution >= 0.6 is 0 Å². The second kappa shape index (κ2) is 5.87. The SMILES string of the molecule is c1cc(COCC2CCCO2)oc1CNC1CC1. The third-order valence-corrected chi connectivity index (χ3v) is 3.43. The van der Waals surface area contributed by atoms with E-state index in [9.17, 15) is 0 Å². The molecule has 4 heteroatoms.